The number of hydrogen-bond acceptors (Lipinski definition) is 2. The number of benzene rings is 9. The summed E-state index contributed by atoms with van der Waals surface area (Å²) in [7, 11) is 0. The first-order valence-corrected chi connectivity index (χ1v) is 21.8. The van der Waals surface area contributed by atoms with Gasteiger partial charge in [0.15, 0.2) is 0 Å². The van der Waals surface area contributed by atoms with Gasteiger partial charge in [-0.2, -0.15) is 0 Å². The highest BCUT2D eigenvalue weighted by molar-refractivity contribution is 5.86. The Balaban J connectivity index is 0.836. The van der Waals surface area contributed by atoms with Crippen molar-refractivity contribution in [1.29, 1.82) is 0 Å². The largest absolute Gasteiger partial charge is 0.310 e. The second kappa shape index (κ2) is 17.5. The third-order valence-corrected chi connectivity index (χ3v) is 11.9. The molecule has 302 valence electrons. The Labute approximate surface area is 370 Å². The number of fused-ring (bicyclic) bond motifs is 1. The van der Waals surface area contributed by atoms with Crippen molar-refractivity contribution in [2.45, 2.75) is 20.3 Å². The van der Waals surface area contributed by atoms with Crippen molar-refractivity contribution in [3.05, 3.63) is 242 Å². The molecule has 0 saturated carbocycles. The monoisotopic (exact) mass is 809 g/mol. The number of aromatic nitrogens is 2. The number of imidazole rings is 1. The topological polar surface area (TPSA) is 21.1 Å². The lowest BCUT2D eigenvalue weighted by atomic mass is 9.96. The maximum absolute atomic E-state index is 5.04. The Morgan fingerprint density at radius 1 is 0.429 bits per heavy atom. The molecule has 0 N–H and O–H groups in total. The fourth-order valence-electron chi connectivity index (χ4n) is 8.56. The van der Waals surface area contributed by atoms with E-state index in [1.807, 2.05) is 12.1 Å². The maximum atomic E-state index is 5.04. The molecule has 9 aromatic carbocycles. The van der Waals surface area contributed by atoms with Crippen molar-refractivity contribution in [3.63, 3.8) is 0 Å². The lowest BCUT2D eigenvalue weighted by molar-refractivity contribution is 1.10. The molecule has 0 aliphatic rings. The molecule has 3 heteroatoms. The number of nitrogens with zero attached hydrogens (tertiary/aromatic N) is 3. The Hall–Kier alpha value is -8.01. The van der Waals surface area contributed by atoms with Crippen molar-refractivity contribution in [1.82, 2.24) is 9.55 Å². The summed E-state index contributed by atoms with van der Waals surface area (Å²) >= 11 is 0. The number of aryl methyl sites for hydroxylation is 1. The van der Waals surface area contributed by atoms with Crippen LogP contribution in [-0.2, 0) is 0 Å². The maximum Gasteiger partial charge on any atom is 0.145 e. The van der Waals surface area contributed by atoms with Gasteiger partial charge < -0.3 is 4.90 Å². The van der Waals surface area contributed by atoms with E-state index in [-0.39, 0.29) is 0 Å². The van der Waals surface area contributed by atoms with Crippen LogP contribution >= 0.6 is 0 Å². The van der Waals surface area contributed by atoms with E-state index in [9.17, 15) is 0 Å². The Bertz CT molecular complexity index is 3140. The van der Waals surface area contributed by atoms with Crippen molar-refractivity contribution in [2.75, 3.05) is 4.90 Å². The van der Waals surface area contributed by atoms with Gasteiger partial charge in [0.1, 0.15) is 5.82 Å². The van der Waals surface area contributed by atoms with Gasteiger partial charge in [-0.05, 0) is 118 Å². The molecule has 0 unspecified atom stereocenters. The highest BCUT2D eigenvalue weighted by Gasteiger charge is 2.17. The van der Waals surface area contributed by atoms with E-state index >= 15 is 0 Å². The number of allylic oxidation sites excluding steroid dienone is 1. The first-order valence-electron chi connectivity index (χ1n) is 21.8. The predicted octanol–water partition coefficient (Wildman–Crippen LogP) is 16.6. The van der Waals surface area contributed by atoms with Crippen LogP contribution in [0.3, 0.4) is 0 Å². The van der Waals surface area contributed by atoms with Gasteiger partial charge in [-0.3, -0.25) is 4.57 Å². The second-order valence-corrected chi connectivity index (χ2v) is 15.9. The van der Waals surface area contributed by atoms with Gasteiger partial charge in [-0.1, -0.05) is 189 Å². The molecule has 0 bridgehead atoms. The summed E-state index contributed by atoms with van der Waals surface area (Å²) in [6.45, 7) is 4.37. The van der Waals surface area contributed by atoms with E-state index < -0.39 is 0 Å². The van der Waals surface area contributed by atoms with Gasteiger partial charge >= 0.3 is 0 Å². The van der Waals surface area contributed by atoms with Crippen LogP contribution in [-0.4, -0.2) is 9.55 Å². The normalized spacial score (nSPS) is 11.3. The molecule has 0 spiro atoms. The number of hydrogen-bond donors (Lipinski definition) is 0. The number of rotatable bonds is 11. The molecule has 0 aliphatic heterocycles. The van der Waals surface area contributed by atoms with E-state index in [2.05, 4.69) is 248 Å². The van der Waals surface area contributed by atoms with E-state index in [4.69, 9.17) is 4.98 Å². The summed E-state index contributed by atoms with van der Waals surface area (Å²) < 4.78 is 2.24. The summed E-state index contributed by atoms with van der Waals surface area (Å²) in [5, 5.41) is 0. The first-order chi connectivity index (χ1) is 31.1. The average molecular weight is 810 g/mol. The zero-order valence-electron chi connectivity index (χ0n) is 35.6. The Morgan fingerprint density at radius 2 is 0.857 bits per heavy atom. The second-order valence-electron chi connectivity index (χ2n) is 15.9. The van der Waals surface area contributed by atoms with Gasteiger partial charge in [0.2, 0.25) is 0 Å². The fourth-order valence-corrected chi connectivity index (χ4v) is 8.56. The van der Waals surface area contributed by atoms with Gasteiger partial charge in [0.05, 0.1) is 16.7 Å². The van der Waals surface area contributed by atoms with Gasteiger partial charge in [-0.15, -0.1) is 0 Å². The van der Waals surface area contributed by atoms with Crippen LogP contribution in [0.5, 0.6) is 0 Å². The Morgan fingerprint density at radius 3 is 1.37 bits per heavy atom. The predicted molar refractivity (Wildman–Crippen MR) is 267 cm³/mol. The van der Waals surface area contributed by atoms with Crippen molar-refractivity contribution in [2.24, 2.45) is 0 Å². The minimum absolute atomic E-state index is 0.938. The lowest BCUT2D eigenvalue weighted by Crippen LogP contribution is -2.11. The molecule has 0 amide bonds. The highest BCUT2D eigenvalue weighted by Crippen LogP contribution is 2.39. The van der Waals surface area contributed by atoms with Gasteiger partial charge in [0, 0.05) is 28.2 Å². The summed E-state index contributed by atoms with van der Waals surface area (Å²) in [5.74, 6) is 0.938. The van der Waals surface area contributed by atoms with E-state index in [1.165, 1.54) is 61.3 Å². The molecule has 63 heavy (non-hydrogen) atoms. The van der Waals surface area contributed by atoms with E-state index in [0.717, 1.165) is 45.9 Å². The third kappa shape index (κ3) is 8.01. The van der Waals surface area contributed by atoms with Gasteiger partial charge in [-0.25, -0.2) is 4.98 Å². The fraction of sp³-hybridized carbons (Fsp3) is 0.0500. The SMILES string of the molecule is CCC=Cc1c(C)cccc1N(c1ccccc1)c1ccc(-c2ccc(-c3ccc(-c4ccc(-c5ccc(-c6nc7ccccc7n6-c6ccccc6)cc5)cc4)cc3)cc2)cc1. The lowest BCUT2D eigenvalue weighted by Gasteiger charge is -2.28. The molecule has 0 aliphatic carbocycles. The van der Waals surface area contributed by atoms with Crippen molar-refractivity contribution < 1.29 is 0 Å². The molecule has 0 radical (unpaired) electrons. The van der Waals surface area contributed by atoms with Crippen LogP contribution in [0.1, 0.15) is 24.5 Å². The molecule has 1 aromatic heterocycles. The molecular formula is C60H47N3. The molecule has 1 heterocycles. The molecule has 0 saturated heterocycles. The summed E-state index contributed by atoms with van der Waals surface area (Å²) in [4.78, 5) is 7.40. The molecule has 0 fully saturated rings. The minimum Gasteiger partial charge on any atom is -0.310 e. The number of anilines is 3. The third-order valence-electron chi connectivity index (χ3n) is 11.9. The molecular weight excluding hydrogens is 763 g/mol. The van der Waals surface area contributed by atoms with Crippen molar-refractivity contribution >= 4 is 34.2 Å². The smallest absolute Gasteiger partial charge is 0.145 e. The number of para-hydroxylation sites is 4. The van der Waals surface area contributed by atoms with Crippen LogP contribution in [0.15, 0.2) is 231 Å². The van der Waals surface area contributed by atoms with Crippen LogP contribution < -0.4 is 4.90 Å². The van der Waals surface area contributed by atoms with Crippen LogP contribution in [0.2, 0.25) is 0 Å². The zero-order valence-corrected chi connectivity index (χ0v) is 35.6. The molecule has 0 atom stereocenters. The minimum atomic E-state index is 0.938. The standard InChI is InChI=1S/C60H47N3/c1-3-4-19-56-43(2)14-13-22-58(56)62(53-15-7-5-8-16-53)55-41-39-51(40-42-55)49-33-31-47(32-34-49)45-25-23-44(24-26-45)46-27-29-48(30-28-46)50-35-37-52(38-36-50)60-61-57-20-11-12-21-59(57)63(60)54-17-9-6-10-18-54/h4-42H,3H2,1-2H3. The van der Waals surface area contributed by atoms with E-state index in [0.29, 0.717) is 0 Å². The average Bonchev–Trinajstić information content (AvgIpc) is 3.75. The van der Waals surface area contributed by atoms with Crippen LogP contribution in [0.25, 0.3) is 78.7 Å². The molecule has 10 aromatic rings. The molecule has 3 nitrogen and oxygen atoms in total. The van der Waals surface area contributed by atoms with Crippen molar-refractivity contribution in [3.8, 4) is 61.6 Å². The zero-order chi connectivity index (χ0) is 42.5. The molecule has 10 rings (SSSR count). The Kier molecular flexibility index (Phi) is 10.9. The van der Waals surface area contributed by atoms with Crippen LogP contribution in [0, 0.1) is 6.92 Å². The summed E-state index contributed by atoms with van der Waals surface area (Å²) in [5.41, 5.74) is 19.7. The first kappa shape index (κ1) is 39.1. The quantitative estimate of drug-likeness (QED) is 0.130. The highest BCUT2D eigenvalue weighted by atomic mass is 15.1. The summed E-state index contributed by atoms with van der Waals surface area (Å²) in [6.07, 6.45) is 5.49. The van der Waals surface area contributed by atoms with Crippen LogP contribution in [0.4, 0.5) is 17.1 Å². The van der Waals surface area contributed by atoms with E-state index in [1.54, 1.807) is 0 Å². The summed E-state index contributed by atoms with van der Waals surface area (Å²) in [6, 6.07) is 80.3. The van der Waals surface area contributed by atoms with Gasteiger partial charge in [0.25, 0.3) is 0 Å².